The van der Waals surface area contributed by atoms with Gasteiger partial charge < -0.3 is 34.6 Å². The number of amides is 4. The summed E-state index contributed by atoms with van der Waals surface area (Å²) in [7, 11) is 0. The van der Waals surface area contributed by atoms with Crippen LogP contribution in [0.1, 0.15) is 55.1 Å². The number of carbonyl (C=O) groups excluding carboxylic acids is 3. The Kier molecular flexibility index (Phi) is 10.4. The van der Waals surface area contributed by atoms with Gasteiger partial charge in [0.2, 0.25) is 0 Å². The summed E-state index contributed by atoms with van der Waals surface area (Å²) in [5.41, 5.74) is -6.10. The number of fused-ring (bicyclic) bond motifs is 1. The Morgan fingerprint density at radius 3 is 2.38 bits per heavy atom. The van der Waals surface area contributed by atoms with Gasteiger partial charge in [0.15, 0.2) is 0 Å². The van der Waals surface area contributed by atoms with Gasteiger partial charge in [-0.25, -0.2) is 9.59 Å². The van der Waals surface area contributed by atoms with Crippen LogP contribution in [0.2, 0.25) is 0 Å². The molecule has 1 unspecified atom stereocenters. The third-order valence-electron chi connectivity index (χ3n) is 8.10. The summed E-state index contributed by atoms with van der Waals surface area (Å²) in [5.74, 6) is -3.82. The summed E-state index contributed by atoms with van der Waals surface area (Å²) < 4.78 is 96.0. The van der Waals surface area contributed by atoms with Crippen LogP contribution in [0.5, 0.6) is 5.75 Å². The number of piperidine rings is 1. The van der Waals surface area contributed by atoms with Crippen LogP contribution in [0.25, 0.3) is 0 Å². The second-order valence-corrected chi connectivity index (χ2v) is 11.8. The van der Waals surface area contributed by atoms with Crippen molar-refractivity contribution in [2.45, 2.75) is 70.3 Å². The number of alkyl halides is 6. The molecule has 1 saturated heterocycles. The first-order valence-electron chi connectivity index (χ1n) is 14.9. The van der Waals surface area contributed by atoms with Gasteiger partial charge in [0, 0.05) is 32.2 Å². The maximum absolute atomic E-state index is 14.5. The number of benzene rings is 2. The zero-order valence-corrected chi connectivity index (χ0v) is 26.2. The Hall–Kier alpha value is -4.70. The average Bonchev–Trinajstić information content (AvgIpc) is 3.01. The monoisotopic (exact) mass is 688 g/mol. The van der Waals surface area contributed by atoms with E-state index in [2.05, 4.69) is 5.32 Å². The zero-order valence-electron chi connectivity index (χ0n) is 26.2. The lowest BCUT2D eigenvalue weighted by Crippen LogP contribution is -2.63. The molecule has 2 heterocycles. The summed E-state index contributed by atoms with van der Waals surface area (Å²) in [6.45, 7) is 2.14. The molecule has 1 fully saturated rings. The first kappa shape index (κ1) is 36.1. The molecule has 0 bridgehead atoms. The number of rotatable bonds is 8. The Morgan fingerprint density at radius 1 is 1.12 bits per heavy atom. The largest absolute Gasteiger partial charge is 0.466 e. The van der Waals surface area contributed by atoms with Gasteiger partial charge >= 0.3 is 24.5 Å². The lowest BCUT2D eigenvalue weighted by atomic mass is 9.95. The number of halogens is 6. The van der Waals surface area contributed by atoms with Crippen LogP contribution in [-0.2, 0) is 22.3 Å². The van der Waals surface area contributed by atoms with Crippen molar-refractivity contribution in [3.63, 3.8) is 0 Å². The molecule has 2 aromatic rings. The Balaban J connectivity index is 1.71. The highest BCUT2D eigenvalue weighted by Crippen LogP contribution is 2.48. The summed E-state index contributed by atoms with van der Waals surface area (Å²) in [4.78, 5) is 53.8. The van der Waals surface area contributed by atoms with E-state index in [4.69, 9.17) is 9.47 Å². The number of likely N-dealkylation sites (tertiary alicyclic amines) is 1. The van der Waals surface area contributed by atoms with Crippen LogP contribution in [-0.4, -0.2) is 88.9 Å². The predicted octanol–water partition coefficient (Wildman–Crippen LogP) is 5.67. The molecule has 0 aromatic heterocycles. The number of carbonyl (C=O) groups is 4. The lowest BCUT2D eigenvalue weighted by molar-refractivity contribution is -0.236. The fourth-order valence-electron chi connectivity index (χ4n) is 5.66. The molecular formula is C31H34F6N4O7. The summed E-state index contributed by atoms with van der Waals surface area (Å²) >= 11 is 0. The van der Waals surface area contributed by atoms with Gasteiger partial charge in [0.05, 0.1) is 22.9 Å². The standard InChI is InChI=1S/C31H34F6N4O7/c1-18(2)41(20-10-7-12-39(16-20)28(45)46)25(42)21-14-23-24(15-22(21)30(32,33)34)48-29(3,31(35,36)37)26(43)40(23)13-11-38-27(44)47-17-19-8-5-4-6-9-19/h4-6,8-9,14-15,18,20H,7,10-13,16-17H2,1-3H3,(H,38,44)(H,45,46)/t20?,29-/m1/s1. The molecule has 2 aromatic carbocycles. The van der Waals surface area contributed by atoms with Crippen molar-refractivity contribution in [3.05, 3.63) is 59.2 Å². The van der Waals surface area contributed by atoms with Gasteiger partial charge in [-0.3, -0.25) is 9.59 Å². The minimum atomic E-state index is -5.37. The molecule has 17 heteroatoms. The van der Waals surface area contributed by atoms with Crippen molar-refractivity contribution in [2.75, 3.05) is 31.1 Å². The average molecular weight is 689 g/mol. The minimum Gasteiger partial charge on any atom is -0.466 e. The zero-order chi connectivity index (χ0) is 35.6. The van der Waals surface area contributed by atoms with E-state index in [0.29, 0.717) is 29.9 Å². The molecule has 0 radical (unpaired) electrons. The van der Waals surface area contributed by atoms with Crippen molar-refractivity contribution in [2.24, 2.45) is 0 Å². The van der Waals surface area contributed by atoms with Crippen LogP contribution in [0.3, 0.4) is 0 Å². The summed E-state index contributed by atoms with van der Waals surface area (Å²) in [5, 5.41) is 11.8. The molecule has 262 valence electrons. The molecule has 2 aliphatic rings. The number of hydrogen-bond acceptors (Lipinski definition) is 6. The first-order chi connectivity index (χ1) is 22.3. The minimum absolute atomic E-state index is 0.138. The second-order valence-electron chi connectivity index (χ2n) is 11.8. The van der Waals surface area contributed by atoms with Crippen molar-refractivity contribution >= 4 is 29.7 Å². The number of alkyl carbamates (subject to hydrolysis) is 1. The van der Waals surface area contributed by atoms with Gasteiger partial charge in [-0.1, -0.05) is 30.3 Å². The Labute approximate surface area is 271 Å². The molecule has 4 amide bonds. The predicted molar refractivity (Wildman–Crippen MR) is 157 cm³/mol. The quantitative estimate of drug-likeness (QED) is 0.342. The Morgan fingerprint density at radius 2 is 1.79 bits per heavy atom. The van der Waals surface area contributed by atoms with Crippen molar-refractivity contribution in [1.82, 2.24) is 15.1 Å². The summed E-state index contributed by atoms with van der Waals surface area (Å²) in [6, 6.07) is 7.88. The third-order valence-corrected chi connectivity index (χ3v) is 8.10. The van der Waals surface area contributed by atoms with E-state index in [-0.39, 0.29) is 32.2 Å². The molecule has 2 atom stereocenters. The molecule has 11 nitrogen and oxygen atoms in total. The van der Waals surface area contributed by atoms with Crippen molar-refractivity contribution < 1.29 is 60.1 Å². The number of nitrogens with zero attached hydrogens (tertiary/aromatic N) is 3. The molecule has 2 N–H and O–H groups in total. The van der Waals surface area contributed by atoms with E-state index >= 15 is 0 Å². The highest BCUT2D eigenvalue weighted by molar-refractivity contribution is 6.05. The maximum Gasteiger partial charge on any atom is 0.437 e. The molecule has 48 heavy (non-hydrogen) atoms. The number of anilines is 1. The number of carboxylic acid groups (broad SMARTS) is 1. The molecular weight excluding hydrogens is 654 g/mol. The molecule has 2 aliphatic heterocycles. The van der Waals surface area contributed by atoms with Crippen LogP contribution in [0.4, 0.5) is 41.6 Å². The van der Waals surface area contributed by atoms with Crippen LogP contribution in [0.15, 0.2) is 42.5 Å². The van der Waals surface area contributed by atoms with Gasteiger partial charge in [0.1, 0.15) is 12.4 Å². The second kappa shape index (κ2) is 13.8. The fourth-order valence-corrected chi connectivity index (χ4v) is 5.66. The third kappa shape index (κ3) is 7.54. The highest BCUT2D eigenvalue weighted by Gasteiger charge is 2.63. The lowest BCUT2D eigenvalue weighted by Gasteiger charge is -2.43. The van der Waals surface area contributed by atoms with Crippen LogP contribution in [0, 0.1) is 0 Å². The van der Waals surface area contributed by atoms with Crippen molar-refractivity contribution in [3.8, 4) is 5.75 Å². The number of ether oxygens (including phenoxy) is 2. The van der Waals surface area contributed by atoms with E-state index in [1.165, 1.54) is 13.8 Å². The SMILES string of the molecule is CC(C)N(C(=O)c1cc2c(cc1C(F)(F)F)O[C@@](C)(C(F)(F)F)C(=O)N2CCNC(=O)OCc1ccccc1)C1CCCN(C(=O)O)C1. The van der Waals surface area contributed by atoms with E-state index in [9.17, 15) is 50.6 Å². The van der Waals surface area contributed by atoms with Gasteiger partial charge in [-0.15, -0.1) is 0 Å². The van der Waals surface area contributed by atoms with Crippen LogP contribution < -0.4 is 15.0 Å². The first-order valence-corrected chi connectivity index (χ1v) is 14.9. The van der Waals surface area contributed by atoms with E-state index in [0.717, 1.165) is 9.80 Å². The van der Waals surface area contributed by atoms with Gasteiger partial charge in [-0.05, 0) is 51.3 Å². The molecule has 0 saturated carbocycles. The molecule has 0 spiro atoms. The smallest absolute Gasteiger partial charge is 0.437 e. The topological polar surface area (TPSA) is 129 Å². The van der Waals surface area contributed by atoms with Gasteiger partial charge in [-0.2, -0.15) is 26.3 Å². The van der Waals surface area contributed by atoms with Crippen molar-refractivity contribution in [1.29, 1.82) is 0 Å². The Bertz CT molecular complexity index is 1540. The van der Waals surface area contributed by atoms with Crippen LogP contribution >= 0.6 is 0 Å². The van der Waals surface area contributed by atoms with E-state index < -0.39 is 89.7 Å². The highest BCUT2D eigenvalue weighted by atomic mass is 19.4. The summed E-state index contributed by atoms with van der Waals surface area (Å²) in [6.07, 6.45) is -12.3. The normalized spacial score (nSPS) is 19.8. The molecule has 4 rings (SSSR count). The van der Waals surface area contributed by atoms with E-state index in [1.807, 2.05) is 0 Å². The maximum atomic E-state index is 14.5. The number of nitrogens with one attached hydrogen (secondary N) is 1. The fraction of sp³-hybridized carbons (Fsp3) is 0.484. The molecule has 0 aliphatic carbocycles. The van der Waals surface area contributed by atoms with E-state index in [1.54, 1.807) is 30.3 Å². The number of hydrogen-bond donors (Lipinski definition) is 2. The van der Waals surface area contributed by atoms with Gasteiger partial charge in [0.25, 0.3) is 17.4 Å².